The van der Waals surface area contributed by atoms with Gasteiger partial charge in [-0.15, -0.1) is 0 Å². The number of nitrogens with zero attached hydrogens (tertiary/aromatic N) is 2. The van der Waals surface area contributed by atoms with E-state index in [0.717, 1.165) is 0 Å². The van der Waals surface area contributed by atoms with Crippen LogP contribution in [0.15, 0.2) is 60.4 Å². The number of nitrogens with one attached hydrogen (secondary N) is 4. The van der Waals surface area contributed by atoms with E-state index >= 15 is 0 Å². The van der Waals surface area contributed by atoms with Gasteiger partial charge < -0.3 is 70.7 Å². The monoisotopic (exact) mass is 889 g/mol. The zero-order valence-corrected chi connectivity index (χ0v) is 35.3. The van der Waals surface area contributed by atoms with Crippen molar-refractivity contribution in [1.82, 2.24) is 21.3 Å². The molecule has 0 radical (unpaired) electrons. The second-order valence-electron chi connectivity index (χ2n) is 16.7. The lowest BCUT2D eigenvalue weighted by molar-refractivity contribution is -0.385. The van der Waals surface area contributed by atoms with Gasteiger partial charge in [-0.2, -0.15) is 0 Å². The number of rotatable bonds is 14. The number of carbonyl (C=O) groups excluding carboxylic acids is 3. The number of benzene rings is 2. The minimum absolute atomic E-state index is 0.0372. The molecule has 346 valence electrons. The van der Waals surface area contributed by atoms with Crippen molar-refractivity contribution in [2.24, 2.45) is 11.7 Å². The molecule has 1 aliphatic carbocycles. The summed E-state index contributed by atoms with van der Waals surface area (Å²) in [5.74, 6) is -0.991. The Hall–Kier alpha value is -5.69. The molecule has 2 aromatic rings. The normalized spacial score (nSPS) is 29.5. The van der Waals surface area contributed by atoms with Crippen LogP contribution in [-0.4, -0.2) is 130 Å². The Bertz CT molecular complexity index is 1960. The van der Waals surface area contributed by atoms with Crippen molar-refractivity contribution in [3.05, 3.63) is 91.7 Å². The molecular formula is C40H55N7O16. The third-order valence-electron chi connectivity index (χ3n) is 10.7. The van der Waals surface area contributed by atoms with Crippen LogP contribution in [0.3, 0.4) is 0 Å². The predicted molar refractivity (Wildman–Crippen MR) is 218 cm³/mol. The number of amides is 3. The Morgan fingerprint density at radius 2 is 1.44 bits per heavy atom. The maximum atomic E-state index is 13.4. The topological polar surface area (TPSA) is 328 Å². The van der Waals surface area contributed by atoms with Crippen LogP contribution in [0, 0.1) is 26.1 Å². The Kier molecular flexibility index (Phi) is 15.9. The summed E-state index contributed by atoms with van der Waals surface area (Å²) >= 11 is 0. The Labute approximate surface area is 361 Å². The molecule has 1 saturated heterocycles. The summed E-state index contributed by atoms with van der Waals surface area (Å²) in [6.45, 7) is 5.49. The van der Waals surface area contributed by atoms with E-state index in [0.29, 0.717) is 11.1 Å². The number of nitro groups is 2. The highest BCUT2D eigenvalue weighted by Crippen LogP contribution is 2.37. The van der Waals surface area contributed by atoms with E-state index < -0.39 is 100 Å². The van der Waals surface area contributed by atoms with Gasteiger partial charge in [-0.05, 0) is 89.1 Å². The molecule has 11 atom stereocenters. The highest BCUT2D eigenvalue weighted by molar-refractivity contribution is 5.69. The van der Waals surface area contributed by atoms with Gasteiger partial charge in [0.1, 0.15) is 48.5 Å². The van der Waals surface area contributed by atoms with Crippen molar-refractivity contribution in [2.45, 2.75) is 120 Å². The Morgan fingerprint density at radius 1 is 0.889 bits per heavy atom. The summed E-state index contributed by atoms with van der Waals surface area (Å²) in [6, 6.07) is 6.93. The average molecular weight is 890 g/mol. The van der Waals surface area contributed by atoms with Crippen LogP contribution in [0.4, 0.5) is 25.8 Å². The first-order valence-corrected chi connectivity index (χ1v) is 20.1. The SMILES string of the molecule is CN[C@@H]1[C@@H](O)[C@@H](O[C@H]2[C@H](N)C[C@H](NC(=O)OC(C)(C)C)C([C@H]3OC(CNC(=O)OCc4ccc([N+](=O)[O-])cc4)=CC[C@H]3NC(=O)OCc3ccc([N+](=O)[O-])cc3)[C@@H]2O)OC[C@]1(C)O. The molecule has 5 rings (SSSR count). The van der Waals surface area contributed by atoms with Gasteiger partial charge in [0, 0.05) is 42.3 Å². The van der Waals surface area contributed by atoms with Gasteiger partial charge in [0.25, 0.3) is 11.4 Å². The molecule has 1 unspecified atom stereocenters. The van der Waals surface area contributed by atoms with Crippen LogP contribution >= 0.6 is 0 Å². The molecule has 23 heteroatoms. The smallest absolute Gasteiger partial charge is 0.407 e. The lowest BCUT2D eigenvalue weighted by Gasteiger charge is -2.50. The molecular weight excluding hydrogens is 834 g/mol. The van der Waals surface area contributed by atoms with Gasteiger partial charge in [-0.3, -0.25) is 20.2 Å². The summed E-state index contributed by atoms with van der Waals surface area (Å²) in [5.41, 5.74) is 4.87. The fourth-order valence-electron chi connectivity index (χ4n) is 7.66. The molecule has 0 spiro atoms. The van der Waals surface area contributed by atoms with Gasteiger partial charge in [0.05, 0.1) is 41.2 Å². The Morgan fingerprint density at radius 3 is 1.98 bits per heavy atom. The first-order valence-electron chi connectivity index (χ1n) is 20.1. The number of hydrogen-bond donors (Lipinski definition) is 8. The molecule has 2 heterocycles. The third kappa shape index (κ3) is 12.9. The van der Waals surface area contributed by atoms with E-state index in [1.807, 2.05) is 0 Å². The second kappa shape index (κ2) is 20.7. The van der Waals surface area contributed by atoms with Crippen LogP contribution in [-0.2, 0) is 41.6 Å². The minimum atomic E-state index is -1.61. The number of likely N-dealkylation sites (N-methyl/N-ethyl adjacent to an activating group) is 1. The number of aliphatic hydroxyl groups excluding tert-OH is 2. The second-order valence-corrected chi connectivity index (χ2v) is 16.7. The molecule has 23 nitrogen and oxygen atoms in total. The first kappa shape index (κ1) is 48.3. The van der Waals surface area contributed by atoms with Gasteiger partial charge in [0.2, 0.25) is 0 Å². The van der Waals surface area contributed by atoms with Gasteiger partial charge in [-0.25, -0.2) is 14.4 Å². The van der Waals surface area contributed by atoms with Crippen LogP contribution in [0.25, 0.3) is 0 Å². The van der Waals surface area contributed by atoms with Crippen molar-refractivity contribution < 1.29 is 68.0 Å². The molecule has 2 fully saturated rings. The number of alkyl carbamates (subject to hydrolysis) is 3. The number of aliphatic hydroxyl groups is 3. The van der Waals surface area contributed by atoms with Crippen LogP contribution in [0.2, 0.25) is 0 Å². The lowest BCUT2D eigenvalue weighted by atomic mass is 9.72. The number of nitrogens with two attached hydrogens (primary N) is 1. The van der Waals surface area contributed by atoms with E-state index in [4.69, 9.17) is 34.2 Å². The van der Waals surface area contributed by atoms with Gasteiger partial charge in [0.15, 0.2) is 6.29 Å². The molecule has 3 aliphatic rings. The molecule has 1 saturated carbocycles. The summed E-state index contributed by atoms with van der Waals surface area (Å²) < 4.78 is 34.6. The van der Waals surface area contributed by atoms with Crippen molar-refractivity contribution in [3.63, 3.8) is 0 Å². The van der Waals surface area contributed by atoms with Crippen molar-refractivity contribution >= 4 is 29.7 Å². The molecule has 9 N–H and O–H groups in total. The summed E-state index contributed by atoms with van der Waals surface area (Å²) in [7, 11) is 1.54. The van der Waals surface area contributed by atoms with Gasteiger partial charge in [-0.1, -0.05) is 0 Å². The quantitative estimate of drug-likeness (QED) is 0.0761. The maximum Gasteiger partial charge on any atom is 0.407 e. The largest absolute Gasteiger partial charge is 0.491 e. The molecule has 3 amide bonds. The van der Waals surface area contributed by atoms with Crippen LogP contribution in [0.5, 0.6) is 0 Å². The standard InChI is InChI=1S/C40H55N7O16/c1-39(2,3)63-38(52)45-28-16-26(41)32(62-35-31(49)34(42-5)40(4,53)20-60-35)30(48)29(28)33-27(44-37(51)59-19-22-8-12-24(13-9-22)47(56)57)15-14-25(61-33)17-43-36(50)58-18-21-6-10-23(11-7-21)46(54)55/h6-14,26-35,42,48-49,53H,15-20,41H2,1-5H3,(H,43,50)(H,44,51)(H,45,52)/t26-,27-,28+,29?,30+,31-,32+,33+,34-,35-,40+/m1/s1. The zero-order valence-electron chi connectivity index (χ0n) is 35.3. The molecule has 0 aromatic heterocycles. The number of hydrogen-bond acceptors (Lipinski definition) is 18. The molecule has 2 aromatic carbocycles. The van der Waals surface area contributed by atoms with Crippen LogP contribution < -0.4 is 27.0 Å². The van der Waals surface area contributed by atoms with E-state index in [1.165, 1.54) is 62.5 Å². The summed E-state index contributed by atoms with van der Waals surface area (Å²) in [6.07, 6.45) is -7.99. The highest BCUT2D eigenvalue weighted by Gasteiger charge is 2.54. The van der Waals surface area contributed by atoms with E-state index in [2.05, 4.69) is 21.3 Å². The number of ether oxygens (including phenoxy) is 6. The van der Waals surface area contributed by atoms with Crippen molar-refractivity contribution in [1.29, 1.82) is 0 Å². The highest BCUT2D eigenvalue weighted by atomic mass is 16.7. The fourth-order valence-corrected chi connectivity index (χ4v) is 7.66. The minimum Gasteiger partial charge on any atom is -0.491 e. The summed E-state index contributed by atoms with van der Waals surface area (Å²) in [4.78, 5) is 60.4. The van der Waals surface area contributed by atoms with Crippen LogP contribution in [0.1, 0.15) is 51.7 Å². The predicted octanol–water partition coefficient (Wildman–Crippen LogP) is 1.74. The molecule has 0 bridgehead atoms. The van der Waals surface area contributed by atoms with Crippen molar-refractivity contribution in [2.75, 3.05) is 20.2 Å². The Balaban J connectivity index is 1.39. The van der Waals surface area contributed by atoms with E-state index in [9.17, 15) is 49.9 Å². The third-order valence-corrected chi connectivity index (χ3v) is 10.7. The fraction of sp³-hybridized carbons (Fsp3) is 0.575. The zero-order chi connectivity index (χ0) is 46.2. The first-order chi connectivity index (χ1) is 29.6. The van der Waals surface area contributed by atoms with Gasteiger partial charge >= 0.3 is 18.3 Å². The lowest BCUT2D eigenvalue weighted by Crippen LogP contribution is -2.69. The summed E-state index contributed by atoms with van der Waals surface area (Å²) in [5, 5.41) is 67.3. The molecule has 63 heavy (non-hydrogen) atoms. The average Bonchev–Trinajstić information content (AvgIpc) is 3.21. The molecule has 2 aliphatic heterocycles. The van der Waals surface area contributed by atoms with E-state index in [-0.39, 0.29) is 56.3 Å². The maximum absolute atomic E-state index is 13.4. The van der Waals surface area contributed by atoms with Crippen molar-refractivity contribution in [3.8, 4) is 0 Å². The number of non-ortho nitro benzene ring substituents is 2. The number of nitro benzene ring substituents is 2. The van der Waals surface area contributed by atoms with E-state index in [1.54, 1.807) is 26.8 Å². The number of carbonyl (C=O) groups is 3.